The number of ether oxygens (including phenoxy) is 2. The molecule has 0 saturated carbocycles. The second kappa shape index (κ2) is 8.37. The van der Waals surface area contributed by atoms with Gasteiger partial charge < -0.3 is 14.8 Å². The Kier molecular flexibility index (Phi) is 5.94. The second-order valence-electron chi connectivity index (χ2n) is 7.05. The predicted molar refractivity (Wildman–Crippen MR) is 102 cm³/mol. The molecule has 0 bridgehead atoms. The number of aryl methyl sites for hydroxylation is 1. The molecule has 0 unspecified atom stereocenters. The van der Waals surface area contributed by atoms with E-state index in [0.29, 0.717) is 12.3 Å². The van der Waals surface area contributed by atoms with E-state index in [4.69, 9.17) is 9.47 Å². The molecule has 4 heteroatoms. The minimum Gasteiger partial charge on any atom is -0.481 e. The Balaban J connectivity index is 1.63. The minimum atomic E-state index is -0.537. The monoisotopic (exact) mass is 353 g/mol. The van der Waals surface area contributed by atoms with Crippen molar-refractivity contribution in [2.45, 2.75) is 38.2 Å². The molecule has 1 heterocycles. The summed E-state index contributed by atoms with van der Waals surface area (Å²) in [6.07, 6.45) is 1.28. The summed E-state index contributed by atoms with van der Waals surface area (Å²) in [4.78, 5) is 12.6. The first kappa shape index (κ1) is 18.5. The van der Waals surface area contributed by atoms with E-state index < -0.39 is 6.10 Å². The number of carbonyl (C=O) groups is 1. The van der Waals surface area contributed by atoms with Crippen molar-refractivity contribution in [3.63, 3.8) is 0 Å². The maximum absolute atomic E-state index is 12.6. The first-order valence-corrected chi connectivity index (χ1v) is 9.23. The van der Waals surface area contributed by atoms with Crippen LogP contribution in [0.15, 0.2) is 54.6 Å². The Morgan fingerprint density at radius 3 is 2.42 bits per heavy atom. The molecule has 1 atom stereocenters. The minimum absolute atomic E-state index is 0.0707. The van der Waals surface area contributed by atoms with Gasteiger partial charge in [-0.25, -0.2) is 0 Å². The zero-order chi connectivity index (χ0) is 18.4. The van der Waals surface area contributed by atoms with Crippen molar-refractivity contribution in [2.24, 2.45) is 0 Å². The third-order valence-corrected chi connectivity index (χ3v) is 5.14. The third-order valence-electron chi connectivity index (χ3n) is 5.14. The number of nitrogens with one attached hydrogen (secondary N) is 1. The molecular weight excluding hydrogens is 326 g/mol. The van der Waals surface area contributed by atoms with Crippen LogP contribution in [-0.4, -0.2) is 31.8 Å². The van der Waals surface area contributed by atoms with Crippen molar-refractivity contribution in [3.05, 3.63) is 65.7 Å². The molecular formula is C22H27NO3. The van der Waals surface area contributed by atoms with Gasteiger partial charge in [0.25, 0.3) is 5.91 Å². The summed E-state index contributed by atoms with van der Waals surface area (Å²) >= 11 is 0. The highest BCUT2D eigenvalue weighted by Crippen LogP contribution is 2.34. The van der Waals surface area contributed by atoms with Gasteiger partial charge in [0.2, 0.25) is 0 Å². The quantitative estimate of drug-likeness (QED) is 0.863. The van der Waals surface area contributed by atoms with Gasteiger partial charge in [-0.2, -0.15) is 0 Å². The van der Waals surface area contributed by atoms with Gasteiger partial charge in [0.05, 0.1) is 0 Å². The standard InChI is InChI=1S/C22H27NO3/c1-17-8-10-20(11-9-17)26-18(2)21(24)23-16-22(12-14-25-15-13-22)19-6-4-3-5-7-19/h3-11,18H,12-16H2,1-2H3,(H,23,24)/t18-/m1/s1. The van der Waals surface area contributed by atoms with Gasteiger partial charge in [-0.1, -0.05) is 48.0 Å². The average molecular weight is 353 g/mol. The highest BCUT2D eigenvalue weighted by atomic mass is 16.5. The van der Waals surface area contributed by atoms with E-state index in [9.17, 15) is 4.79 Å². The summed E-state index contributed by atoms with van der Waals surface area (Å²) in [5, 5.41) is 3.10. The molecule has 138 valence electrons. The van der Waals surface area contributed by atoms with Gasteiger partial charge in [0.1, 0.15) is 5.75 Å². The number of rotatable bonds is 6. The number of amides is 1. The van der Waals surface area contributed by atoms with E-state index in [2.05, 4.69) is 29.6 Å². The maximum atomic E-state index is 12.6. The smallest absolute Gasteiger partial charge is 0.260 e. The van der Waals surface area contributed by atoms with Crippen LogP contribution in [0.1, 0.15) is 30.9 Å². The lowest BCUT2D eigenvalue weighted by molar-refractivity contribution is -0.127. The van der Waals surface area contributed by atoms with Crippen LogP contribution in [0, 0.1) is 6.92 Å². The SMILES string of the molecule is Cc1ccc(O[C@H](C)C(=O)NCC2(c3ccccc3)CCOCC2)cc1. The fourth-order valence-electron chi connectivity index (χ4n) is 3.40. The maximum Gasteiger partial charge on any atom is 0.260 e. The fraction of sp³-hybridized carbons (Fsp3) is 0.409. The van der Waals surface area contributed by atoms with Crippen molar-refractivity contribution in [1.82, 2.24) is 5.32 Å². The Bertz CT molecular complexity index is 706. The lowest BCUT2D eigenvalue weighted by Crippen LogP contribution is -2.47. The lowest BCUT2D eigenvalue weighted by Gasteiger charge is -2.38. The summed E-state index contributed by atoms with van der Waals surface area (Å²) in [5.74, 6) is 0.620. The van der Waals surface area contributed by atoms with Gasteiger partial charge in [-0.05, 0) is 44.4 Å². The Labute approximate surface area is 155 Å². The van der Waals surface area contributed by atoms with Crippen molar-refractivity contribution in [1.29, 1.82) is 0 Å². The van der Waals surface area contributed by atoms with E-state index in [1.54, 1.807) is 6.92 Å². The average Bonchev–Trinajstić information content (AvgIpc) is 2.69. The van der Waals surface area contributed by atoms with Crippen LogP contribution < -0.4 is 10.1 Å². The number of hydrogen-bond donors (Lipinski definition) is 1. The van der Waals surface area contributed by atoms with Crippen LogP contribution in [0.2, 0.25) is 0 Å². The van der Waals surface area contributed by atoms with E-state index >= 15 is 0 Å². The van der Waals surface area contributed by atoms with Gasteiger partial charge in [0.15, 0.2) is 6.10 Å². The van der Waals surface area contributed by atoms with Crippen molar-refractivity contribution < 1.29 is 14.3 Å². The van der Waals surface area contributed by atoms with Crippen molar-refractivity contribution in [3.8, 4) is 5.75 Å². The largest absolute Gasteiger partial charge is 0.481 e. The molecule has 1 N–H and O–H groups in total. The summed E-state index contributed by atoms with van der Waals surface area (Å²) < 4.78 is 11.3. The Morgan fingerprint density at radius 1 is 1.12 bits per heavy atom. The Hall–Kier alpha value is -2.33. The van der Waals surface area contributed by atoms with Crippen LogP contribution in [-0.2, 0) is 14.9 Å². The summed E-state index contributed by atoms with van der Waals surface area (Å²) in [5.41, 5.74) is 2.35. The second-order valence-corrected chi connectivity index (χ2v) is 7.05. The molecule has 2 aromatic rings. The molecule has 2 aromatic carbocycles. The van der Waals surface area contributed by atoms with Crippen molar-refractivity contribution in [2.75, 3.05) is 19.8 Å². The first-order chi connectivity index (χ1) is 12.6. The van der Waals surface area contributed by atoms with Crippen LogP contribution in [0.3, 0.4) is 0 Å². The lowest BCUT2D eigenvalue weighted by atomic mass is 9.74. The van der Waals surface area contributed by atoms with Crippen LogP contribution in [0.25, 0.3) is 0 Å². The van der Waals surface area contributed by atoms with Crippen LogP contribution in [0.5, 0.6) is 5.75 Å². The predicted octanol–water partition coefficient (Wildman–Crippen LogP) is 3.63. The molecule has 1 aliphatic heterocycles. The molecule has 1 aliphatic rings. The summed E-state index contributed by atoms with van der Waals surface area (Å²) in [6, 6.07) is 18.2. The first-order valence-electron chi connectivity index (χ1n) is 9.23. The van der Waals surface area contributed by atoms with Gasteiger partial charge >= 0.3 is 0 Å². The van der Waals surface area contributed by atoms with E-state index in [1.165, 1.54) is 11.1 Å². The Morgan fingerprint density at radius 2 is 1.77 bits per heavy atom. The highest BCUT2D eigenvalue weighted by Gasteiger charge is 2.35. The number of hydrogen-bond acceptors (Lipinski definition) is 3. The van der Waals surface area contributed by atoms with Gasteiger partial charge in [0, 0.05) is 25.2 Å². The molecule has 26 heavy (non-hydrogen) atoms. The fourth-order valence-corrected chi connectivity index (χ4v) is 3.40. The topological polar surface area (TPSA) is 47.6 Å². The zero-order valence-electron chi connectivity index (χ0n) is 15.5. The van der Waals surface area contributed by atoms with Gasteiger partial charge in [-0.3, -0.25) is 4.79 Å². The molecule has 1 saturated heterocycles. The normalized spacial score (nSPS) is 17.3. The molecule has 1 fully saturated rings. The van der Waals surface area contributed by atoms with Crippen molar-refractivity contribution >= 4 is 5.91 Å². The van der Waals surface area contributed by atoms with Gasteiger partial charge in [-0.15, -0.1) is 0 Å². The molecule has 3 rings (SSSR count). The van der Waals surface area contributed by atoms with Crippen LogP contribution in [0.4, 0.5) is 0 Å². The van der Waals surface area contributed by atoms with E-state index in [1.807, 2.05) is 37.3 Å². The van der Waals surface area contributed by atoms with E-state index in [-0.39, 0.29) is 11.3 Å². The molecule has 0 aliphatic carbocycles. The van der Waals surface area contributed by atoms with Crippen LogP contribution >= 0.6 is 0 Å². The highest BCUT2D eigenvalue weighted by molar-refractivity contribution is 5.80. The molecule has 4 nitrogen and oxygen atoms in total. The molecule has 1 amide bonds. The van der Waals surface area contributed by atoms with E-state index in [0.717, 1.165) is 26.1 Å². The summed E-state index contributed by atoms with van der Waals surface area (Å²) in [6.45, 7) is 5.85. The third kappa shape index (κ3) is 4.44. The summed E-state index contributed by atoms with van der Waals surface area (Å²) in [7, 11) is 0. The number of carbonyl (C=O) groups excluding carboxylic acids is 1. The molecule has 0 aromatic heterocycles. The molecule has 0 spiro atoms. The molecule has 0 radical (unpaired) electrons. The zero-order valence-corrected chi connectivity index (χ0v) is 15.5. The number of benzene rings is 2.